The number of fused-ring (bicyclic) bond motifs is 1. The Kier molecular flexibility index (Phi) is 4.45. The summed E-state index contributed by atoms with van der Waals surface area (Å²) in [5.74, 6) is 0. The fourth-order valence-electron chi connectivity index (χ4n) is 2.41. The summed E-state index contributed by atoms with van der Waals surface area (Å²) in [6.07, 6.45) is 4.83. The van der Waals surface area contributed by atoms with Crippen LogP contribution in [0.4, 0.5) is 10.5 Å². The van der Waals surface area contributed by atoms with Crippen LogP contribution in [-0.2, 0) is 12.8 Å². The molecule has 3 rings (SSSR count). The van der Waals surface area contributed by atoms with E-state index < -0.39 is 0 Å². The summed E-state index contributed by atoms with van der Waals surface area (Å²) in [5.41, 5.74) is 2.66. The molecule has 114 valence electrons. The van der Waals surface area contributed by atoms with Crippen LogP contribution in [0.15, 0.2) is 30.7 Å². The van der Waals surface area contributed by atoms with E-state index in [2.05, 4.69) is 15.3 Å². The van der Waals surface area contributed by atoms with E-state index in [4.69, 9.17) is 23.2 Å². The zero-order valence-electron chi connectivity index (χ0n) is 11.7. The third-order valence-corrected chi connectivity index (χ3v) is 4.16. The van der Waals surface area contributed by atoms with Crippen molar-refractivity contribution in [2.24, 2.45) is 0 Å². The van der Waals surface area contributed by atoms with Crippen LogP contribution in [-0.4, -0.2) is 34.0 Å². The summed E-state index contributed by atoms with van der Waals surface area (Å²) in [7, 11) is 0. The molecular weight excluding hydrogens is 323 g/mol. The number of amides is 2. The minimum absolute atomic E-state index is 0.176. The zero-order valence-corrected chi connectivity index (χ0v) is 13.2. The summed E-state index contributed by atoms with van der Waals surface area (Å²) < 4.78 is 0. The minimum Gasteiger partial charge on any atom is -0.324 e. The first-order valence-electron chi connectivity index (χ1n) is 6.92. The van der Waals surface area contributed by atoms with Gasteiger partial charge in [0.25, 0.3) is 0 Å². The molecule has 1 aromatic heterocycles. The molecule has 0 radical (unpaired) electrons. The SMILES string of the molecule is O=C(Nc1ccc(Cl)cc1Cl)N1CCc2cncnc2CC1. The van der Waals surface area contributed by atoms with Gasteiger partial charge >= 0.3 is 6.03 Å². The van der Waals surface area contributed by atoms with Gasteiger partial charge in [0, 0.05) is 36.4 Å². The van der Waals surface area contributed by atoms with Crippen molar-refractivity contribution in [3.63, 3.8) is 0 Å². The van der Waals surface area contributed by atoms with Gasteiger partial charge in [-0.2, -0.15) is 0 Å². The third-order valence-electron chi connectivity index (χ3n) is 3.61. The van der Waals surface area contributed by atoms with Crippen LogP contribution >= 0.6 is 23.2 Å². The van der Waals surface area contributed by atoms with Gasteiger partial charge in [-0.25, -0.2) is 14.8 Å². The number of anilines is 1. The van der Waals surface area contributed by atoms with Gasteiger partial charge < -0.3 is 10.2 Å². The molecule has 2 heterocycles. The second kappa shape index (κ2) is 6.50. The molecule has 0 fully saturated rings. The number of halogens is 2. The van der Waals surface area contributed by atoms with Gasteiger partial charge in [-0.05, 0) is 30.2 Å². The lowest BCUT2D eigenvalue weighted by Crippen LogP contribution is -2.36. The highest BCUT2D eigenvalue weighted by atomic mass is 35.5. The van der Waals surface area contributed by atoms with E-state index in [0.717, 1.165) is 24.1 Å². The Bertz CT molecular complexity index is 681. The minimum atomic E-state index is -0.176. The van der Waals surface area contributed by atoms with Crippen molar-refractivity contribution in [3.05, 3.63) is 52.0 Å². The molecule has 0 unspecified atom stereocenters. The Morgan fingerprint density at radius 2 is 2.05 bits per heavy atom. The Balaban J connectivity index is 1.69. The fourth-order valence-corrected chi connectivity index (χ4v) is 2.87. The Hall–Kier alpha value is -1.85. The maximum atomic E-state index is 12.4. The number of aromatic nitrogens is 2. The molecule has 2 aromatic rings. The number of nitrogens with zero attached hydrogens (tertiary/aromatic N) is 3. The van der Waals surface area contributed by atoms with Crippen LogP contribution in [0.5, 0.6) is 0 Å². The van der Waals surface area contributed by atoms with Crippen molar-refractivity contribution in [1.82, 2.24) is 14.9 Å². The van der Waals surface area contributed by atoms with Gasteiger partial charge in [0.05, 0.1) is 10.7 Å². The molecular formula is C15H14Cl2N4O. The van der Waals surface area contributed by atoms with E-state index >= 15 is 0 Å². The molecule has 0 saturated heterocycles. The lowest BCUT2D eigenvalue weighted by Gasteiger charge is -2.21. The molecule has 1 aliphatic rings. The normalized spacial score (nSPS) is 14.2. The van der Waals surface area contributed by atoms with Gasteiger partial charge in [-0.3, -0.25) is 0 Å². The summed E-state index contributed by atoms with van der Waals surface area (Å²) in [4.78, 5) is 22.5. The van der Waals surface area contributed by atoms with E-state index in [9.17, 15) is 4.79 Å². The topological polar surface area (TPSA) is 58.1 Å². The van der Waals surface area contributed by atoms with E-state index in [1.54, 1.807) is 29.4 Å². The first kappa shape index (κ1) is 15.1. The number of rotatable bonds is 1. The largest absolute Gasteiger partial charge is 0.324 e. The number of benzene rings is 1. The third kappa shape index (κ3) is 3.31. The molecule has 1 aromatic carbocycles. The van der Waals surface area contributed by atoms with Crippen LogP contribution in [0.3, 0.4) is 0 Å². The maximum Gasteiger partial charge on any atom is 0.321 e. The molecule has 0 aliphatic carbocycles. The summed E-state index contributed by atoms with van der Waals surface area (Å²) >= 11 is 11.9. The Labute approximate surface area is 138 Å². The zero-order chi connectivity index (χ0) is 15.5. The number of carbonyl (C=O) groups is 1. The van der Waals surface area contributed by atoms with Crippen LogP contribution in [0.1, 0.15) is 11.3 Å². The smallest absolute Gasteiger partial charge is 0.321 e. The van der Waals surface area contributed by atoms with Crippen LogP contribution < -0.4 is 5.32 Å². The summed E-state index contributed by atoms with van der Waals surface area (Å²) in [6, 6.07) is 4.81. The first-order chi connectivity index (χ1) is 10.6. The van der Waals surface area contributed by atoms with Gasteiger partial charge in [-0.15, -0.1) is 0 Å². The standard InChI is InChI=1S/C15H14Cl2N4O/c16-11-1-2-14(12(17)7-11)20-15(22)21-5-3-10-8-18-9-19-13(10)4-6-21/h1-2,7-9H,3-6H2,(H,20,22). The second-order valence-corrected chi connectivity index (χ2v) is 5.88. The predicted molar refractivity (Wildman–Crippen MR) is 86.5 cm³/mol. The summed E-state index contributed by atoms with van der Waals surface area (Å²) in [6.45, 7) is 1.23. The molecule has 2 amide bonds. The van der Waals surface area contributed by atoms with E-state index in [1.807, 2.05) is 6.20 Å². The molecule has 7 heteroatoms. The molecule has 0 bridgehead atoms. The van der Waals surface area contributed by atoms with Crippen molar-refractivity contribution in [1.29, 1.82) is 0 Å². The van der Waals surface area contributed by atoms with E-state index in [-0.39, 0.29) is 6.03 Å². The number of urea groups is 1. The van der Waals surface area contributed by atoms with Gasteiger partial charge in [-0.1, -0.05) is 23.2 Å². The predicted octanol–water partition coefficient (Wildman–Crippen LogP) is 3.42. The number of hydrogen-bond donors (Lipinski definition) is 1. The Morgan fingerprint density at radius 3 is 2.86 bits per heavy atom. The van der Waals surface area contributed by atoms with Crippen molar-refractivity contribution in [2.45, 2.75) is 12.8 Å². The quantitative estimate of drug-likeness (QED) is 0.867. The lowest BCUT2D eigenvalue weighted by molar-refractivity contribution is 0.214. The average molecular weight is 337 g/mol. The fraction of sp³-hybridized carbons (Fsp3) is 0.267. The highest BCUT2D eigenvalue weighted by molar-refractivity contribution is 6.36. The molecule has 5 nitrogen and oxygen atoms in total. The maximum absolute atomic E-state index is 12.4. The molecule has 1 aliphatic heterocycles. The number of hydrogen-bond acceptors (Lipinski definition) is 3. The van der Waals surface area contributed by atoms with Crippen molar-refractivity contribution in [3.8, 4) is 0 Å². The highest BCUT2D eigenvalue weighted by Crippen LogP contribution is 2.25. The second-order valence-electron chi connectivity index (χ2n) is 5.04. The highest BCUT2D eigenvalue weighted by Gasteiger charge is 2.19. The lowest BCUT2D eigenvalue weighted by atomic mass is 10.1. The average Bonchev–Trinajstić information content (AvgIpc) is 2.72. The van der Waals surface area contributed by atoms with Crippen molar-refractivity contribution in [2.75, 3.05) is 18.4 Å². The van der Waals surface area contributed by atoms with Crippen LogP contribution in [0, 0.1) is 0 Å². The molecule has 0 spiro atoms. The first-order valence-corrected chi connectivity index (χ1v) is 7.68. The van der Waals surface area contributed by atoms with E-state index in [1.165, 1.54) is 0 Å². The number of nitrogens with one attached hydrogen (secondary N) is 1. The van der Waals surface area contributed by atoms with Crippen LogP contribution in [0.25, 0.3) is 0 Å². The van der Waals surface area contributed by atoms with E-state index in [0.29, 0.717) is 28.8 Å². The molecule has 1 N–H and O–H groups in total. The van der Waals surface area contributed by atoms with Gasteiger partial charge in [0.2, 0.25) is 0 Å². The Morgan fingerprint density at radius 1 is 1.23 bits per heavy atom. The van der Waals surface area contributed by atoms with Gasteiger partial charge in [0.15, 0.2) is 0 Å². The van der Waals surface area contributed by atoms with Crippen molar-refractivity contribution >= 4 is 34.9 Å². The molecule has 0 atom stereocenters. The van der Waals surface area contributed by atoms with Crippen molar-refractivity contribution < 1.29 is 4.79 Å². The summed E-state index contributed by atoms with van der Waals surface area (Å²) in [5, 5.41) is 3.78. The van der Waals surface area contributed by atoms with Crippen LogP contribution in [0.2, 0.25) is 10.0 Å². The molecule has 0 saturated carbocycles. The molecule has 22 heavy (non-hydrogen) atoms. The number of carbonyl (C=O) groups excluding carboxylic acids is 1. The van der Waals surface area contributed by atoms with Gasteiger partial charge in [0.1, 0.15) is 6.33 Å². The monoisotopic (exact) mass is 336 g/mol.